The molecule has 0 saturated carbocycles. The van der Waals surface area contributed by atoms with Crippen LogP contribution in [0.4, 0.5) is 5.13 Å². The molecule has 7 heteroatoms. The predicted molar refractivity (Wildman–Crippen MR) is 76.6 cm³/mol. The van der Waals surface area contributed by atoms with Crippen LogP contribution < -0.4 is 10.6 Å². The Bertz CT molecular complexity index is 626. The van der Waals surface area contributed by atoms with E-state index in [2.05, 4.69) is 15.6 Å². The molecular formula is C12H12ClN3O2S. The van der Waals surface area contributed by atoms with Crippen molar-refractivity contribution < 1.29 is 9.59 Å². The summed E-state index contributed by atoms with van der Waals surface area (Å²) in [5.41, 5.74) is 0.798. The highest BCUT2D eigenvalue weighted by Gasteiger charge is 2.08. The maximum absolute atomic E-state index is 11.6. The number of benzene rings is 1. The van der Waals surface area contributed by atoms with Crippen molar-refractivity contribution in [2.75, 3.05) is 11.9 Å². The van der Waals surface area contributed by atoms with Gasteiger partial charge in [0.25, 0.3) is 0 Å². The molecule has 1 heterocycles. The molecule has 2 N–H and O–H groups in total. The quantitative estimate of drug-likeness (QED) is 0.910. The first-order chi connectivity index (χ1) is 9.04. The maximum Gasteiger partial charge on any atom is 0.227 e. The first kappa shape index (κ1) is 13.8. The van der Waals surface area contributed by atoms with Crippen LogP contribution in [-0.2, 0) is 9.59 Å². The van der Waals surface area contributed by atoms with Gasteiger partial charge in [0.1, 0.15) is 0 Å². The topological polar surface area (TPSA) is 71.1 Å². The Morgan fingerprint density at radius 3 is 2.95 bits per heavy atom. The Kier molecular flexibility index (Phi) is 4.34. The molecule has 0 atom stereocenters. The molecule has 0 aliphatic heterocycles. The van der Waals surface area contributed by atoms with Crippen molar-refractivity contribution in [3.8, 4) is 0 Å². The van der Waals surface area contributed by atoms with Gasteiger partial charge in [-0.3, -0.25) is 9.59 Å². The minimum absolute atomic E-state index is 0.151. The van der Waals surface area contributed by atoms with Gasteiger partial charge in [-0.05, 0) is 18.2 Å². The van der Waals surface area contributed by atoms with E-state index >= 15 is 0 Å². The molecule has 1 aromatic heterocycles. The zero-order chi connectivity index (χ0) is 13.8. The van der Waals surface area contributed by atoms with E-state index in [9.17, 15) is 9.59 Å². The van der Waals surface area contributed by atoms with Gasteiger partial charge in [0.15, 0.2) is 5.13 Å². The van der Waals surface area contributed by atoms with Crippen molar-refractivity contribution in [1.82, 2.24) is 10.3 Å². The number of fused-ring (bicyclic) bond motifs is 1. The lowest BCUT2D eigenvalue weighted by Gasteiger charge is -2.01. The first-order valence-corrected chi connectivity index (χ1v) is 6.84. The number of carbonyl (C=O) groups is 2. The number of carbonyl (C=O) groups excluding carboxylic acids is 2. The molecular weight excluding hydrogens is 286 g/mol. The van der Waals surface area contributed by atoms with Gasteiger partial charge in [-0.2, -0.15) is 0 Å². The second-order valence-electron chi connectivity index (χ2n) is 3.91. The molecule has 2 rings (SSSR count). The maximum atomic E-state index is 11.6. The van der Waals surface area contributed by atoms with Crippen LogP contribution in [0.3, 0.4) is 0 Å². The summed E-state index contributed by atoms with van der Waals surface area (Å²) < 4.78 is 0.921. The van der Waals surface area contributed by atoms with Gasteiger partial charge in [0.05, 0.1) is 10.2 Å². The Labute approximate surface area is 119 Å². The van der Waals surface area contributed by atoms with Gasteiger partial charge >= 0.3 is 0 Å². The van der Waals surface area contributed by atoms with Crippen molar-refractivity contribution in [2.24, 2.45) is 0 Å². The number of aromatic nitrogens is 1. The van der Waals surface area contributed by atoms with Gasteiger partial charge < -0.3 is 10.6 Å². The van der Waals surface area contributed by atoms with E-state index in [4.69, 9.17) is 11.6 Å². The largest absolute Gasteiger partial charge is 0.356 e. The zero-order valence-corrected chi connectivity index (χ0v) is 11.8. The van der Waals surface area contributed by atoms with Crippen LogP contribution in [-0.4, -0.2) is 23.3 Å². The summed E-state index contributed by atoms with van der Waals surface area (Å²) >= 11 is 7.25. The Balaban J connectivity index is 1.97. The van der Waals surface area contributed by atoms with Gasteiger partial charge in [0.2, 0.25) is 11.8 Å². The molecule has 0 radical (unpaired) electrons. The van der Waals surface area contributed by atoms with Gasteiger partial charge in [-0.25, -0.2) is 4.98 Å². The van der Waals surface area contributed by atoms with E-state index in [1.54, 1.807) is 12.1 Å². The Morgan fingerprint density at radius 1 is 1.42 bits per heavy atom. The normalized spacial score (nSPS) is 10.4. The van der Waals surface area contributed by atoms with E-state index in [0.717, 1.165) is 10.2 Å². The van der Waals surface area contributed by atoms with E-state index in [0.29, 0.717) is 16.7 Å². The summed E-state index contributed by atoms with van der Waals surface area (Å²) in [7, 11) is 0. The minimum Gasteiger partial charge on any atom is -0.356 e. The standard InChI is InChI=1S/C12H12ClN3O2S/c1-7(17)14-5-4-11(18)16-12-15-9-3-2-8(13)6-10(9)19-12/h2-3,6H,4-5H2,1H3,(H,14,17)(H,15,16,18). The molecule has 19 heavy (non-hydrogen) atoms. The molecule has 2 amide bonds. The predicted octanol–water partition coefficient (Wildman–Crippen LogP) is 2.41. The third kappa shape index (κ3) is 3.90. The molecule has 0 saturated heterocycles. The van der Waals surface area contributed by atoms with Gasteiger partial charge in [0, 0.05) is 24.9 Å². The number of hydrogen-bond donors (Lipinski definition) is 2. The van der Waals surface area contributed by atoms with Crippen LogP contribution in [0.1, 0.15) is 13.3 Å². The highest BCUT2D eigenvalue weighted by molar-refractivity contribution is 7.22. The summed E-state index contributed by atoms with van der Waals surface area (Å²) in [6.07, 6.45) is 0.219. The smallest absolute Gasteiger partial charge is 0.227 e. The van der Waals surface area contributed by atoms with Crippen molar-refractivity contribution in [3.63, 3.8) is 0 Å². The average molecular weight is 298 g/mol. The average Bonchev–Trinajstić information content (AvgIpc) is 2.69. The summed E-state index contributed by atoms with van der Waals surface area (Å²) in [4.78, 5) is 26.6. The molecule has 0 fully saturated rings. The highest BCUT2D eigenvalue weighted by atomic mass is 35.5. The van der Waals surface area contributed by atoms with E-state index in [-0.39, 0.29) is 18.2 Å². The van der Waals surface area contributed by atoms with Crippen molar-refractivity contribution >= 4 is 50.1 Å². The lowest BCUT2D eigenvalue weighted by molar-refractivity contribution is -0.119. The zero-order valence-electron chi connectivity index (χ0n) is 10.2. The fourth-order valence-corrected chi connectivity index (χ4v) is 2.64. The first-order valence-electron chi connectivity index (χ1n) is 5.65. The SMILES string of the molecule is CC(=O)NCCC(=O)Nc1nc2ccc(Cl)cc2s1. The second kappa shape index (κ2) is 5.99. The fourth-order valence-electron chi connectivity index (χ4n) is 1.49. The molecule has 0 aliphatic carbocycles. The third-order valence-electron chi connectivity index (χ3n) is 2.32. The Morgan fingerprint density at radius 2 is 2.21 bits per heavy atom. The number of nitrogens with one attached hydrogen (secondary N) is 2. The van der Waals surface area contributed by atoms with Crippen LogP contribution in [0, 0.1) is 0 Å². The molecule has 0 bridgehead atoms. The number of anilines is 1. The summed E-state index contributed by atoms with van der Waals surface area (Å²) in [5.74, 6) is -0.332. The van der Waals surface area contributed by atoms with Crippen LogP contribution in [0.2, 0.25) is 5.02 Å². The molecule has 2 aromatic rings. The molecule has 0 spiro atoms. The minimum atomic E-state index is -0.182. The number of amides is 2. The molecule has 0 aliphatic rings. The third-order valence-corrected chi connectivity index (χ3v) is 3.49. The molecule has 100 valence electrons. The van der Waals surface area contributed by atoms with Crippen LogP contribution in [0.25, 0.3) is 10.2 Å². The number of hydrogen-bond acceptors (Lipinski definition) is 4. The highest BCUT2D eigenvalue weighted by Crippen LogP contribution is 2.28. The van der Waals surface area contributed by atoms with Crippen molar-refractivity contribution in [2.45, 2.75) is 13.3 Å². The Hall–Kier alpha value is -1.66. The molecule has 0 unspecified atom stereocenters. The van der Waals surface area contributed by atoms with Crippen molar-refractivity contribution in [1.29, 1.82) is 0 Å². The number of rotatable bonds is 4. The monoisotopic (exact) mass is 297 g/mol. The van der Waals surface area contributed by atoms with Gasteiger partial charge in [-0.1, -0.05) is 22.9 Å². The number of halogens is 1. The molecule has 5 nitrogen and oxygen atoms in total. The molecule has 1 aromatic carbocycles. The van der Waals surface area contributed by atoms with Crippen LogP contribution >= 0.6 is 22.9 Å². The van der Waals surface area contributed by atoms with E-state index < -0.39 is 0 Å². The van der Waals surface area contributed by atoms with E-state index in [1.807, 2.05) is 6.07 Å². The number of nitrogens with zero attached hydrogens (tertiary/aromatic N) is 1. The van der Waals surface area contributed by atoms with Crippen LogP contribution in [0.5, 0.6) is 0 Å². The lowest BCUT2D eigenvalue weighted by atomic mass is 10.3. The summed E-state index contributed by atoms with van der Waals surface area (Å²) in [6, 6.07) is 5.37. The van der Waals surface area contributed by atoms with E-state index in [1.165, 1.54) is 18.3 Å². The van der Waals surface area contributed by atoms with Crippen molar-refractivity contribution in [3.05, 3.63) is 23.2 Å². The number of thiazole rings is 1. The second-order valence-corrected chi connectivity index (χ2v) is 5.38. The summed E-state index contributed by atoms with van der Waals surface area (Å²) in [6.45, 7) is 1.73. The van der Waals surface area contributed by atoms with Crippen LogP contribution in [0.15, 0.2) is 18.2 Å². The van der Waals surface area contributed by atoms with Gasteiger partial charge in [-0.15, -0.1) is 0 Å². The lowest BCUT2D eigenvalue weighted by Crippen LogP contribution is -2.25. The fraction of sp³-hybridized carbons (Fsp3) is 0.250. The summed E-state index contributed by atoms with van der Waals surface area (Å²) in [5, 5.41) is 6.43.